The molecule has 0 fully saturated rings. The van der Waals surface area contributed by atoms with Crippen molar-refractivity contribution < 1.29 is 4.79 Å². The first-order valence-corrected chi connectivity index (χ1v) is 4.59. The van der Waals surface area contributed by atoms with Crippen molar-refractivity contribution in [3.63, 3.8) is 0 Å². The molecule has 0 saturated carbocycles. The Labute approximate surface area is 90.0 Å². The van der Waals surface area contributed by atoms with Gasteiger partial charge >= 0.3 is 0 Å². The van der Waals surface area contributed by atoms with E-state index < -0.39 is 0 Å². The molecule has 0 spiro atoms. The summed E-state index contributed by atoms with van der Waals surface area (Å²) in [6.07, 6.45) is 1.39. The summed E-state index contributed by atoms with van der Waals surface area (Å²) in [5.74, 6) is -0.490. The number of amides is 1. The Morgan fingerprint density at radius 1 is 1.54 bits per heavy atom. The molecular formula is C7H5Cl3N2O. The zero-order valence-corrected chi connectivity index (χ0v) is 8.62. The van der Waals surface area contributed by atoms with E-state index in [-0.39, 0.29) is 16.9 Å². The number of carbonyl (C=O) groups is 1. The molecule has 1 N–H and O–H groups in total. The normalized spacial score (nSPS) is 9.77. The third-order valence-corrected chi connectivity index (χ3v) is 1.95. The van der Waals surface area contributed by atoms with Crippen molar-refractivity contribution in [2.24, 2.45) is 0 Å². The highest BCUT2D eigenvalue weighted by Gasteiger charge is 2.05. The van der Waals surface area contributed by atoms with Gasteiger partial charge in [0, 0.05) is 6.20 Å². The Bertz CT molecular complexity index is 330. The average Bonchev–Trinajstić information content (AvgIpc) is 2.11. The molecule has 6 heteroatoms. The number of aromatic nitrogens is 1. The van der Waals surface area contributed by atoms with Gasteiger partial charge in [-0.3, -0.25) is 4.79 Å². The molecule has 1 heterocycles. The van der Waals surface area contributed by atoms with Gasteiger partial charge in [-0.05, 0) is 6.07 Å². The number of alkyl halides is 1. The fourth-order valence-electron chi connectivity index (χ4n) is 0.694. The van der Waals surface area contributed by atoms with Gasteiger partial charge in [-0.2, -0.15) is 0 Å². The molecule has 0 radical (unpaired) electrons. The van der Waals surface area contributed by atoms with Crippen LogP contribution in [-0.2, 0) is 4.79 Å². The van der Waals surface area contributed by atoms with E-state index in [1.807, 2.05) is 0 Å². The van der Waals surface area contributed by atoms with Crippen LogP contribution in [0.15, 0.2) is 12.3 Å². The van der Waals surface area contributed by atoms with E-state index in [9.17, 15) is 4.79 Å². The Morgan fingerprint density at radius 3 is 2.85 bits per heavy atom. The molecule has 1 aromatic heterocycles. The van der Waals surface area contributed by atoms with Crippen LogP contribution in [0.1, 0.15) is 0 Å². The molecule has 0 unspecified atom stereocenters. The number of rotatable bonds is 2. The summed E-state index contributed by atoms with van der Waals surface area (Å²) in [6.45, 7) is 0. The summed E-state index contributed by atoms with van der Waals surface area (Å²) >= 11 is 16.6. The van der Waals surface area contributed by atoms with E-state index in [1.165, 1.54) is 12.3 Å². The highest BCUT2D eigenvalue weighted by atomic mass is 35.5. The van der Waals surface area contributed by atoms with E-state index in [2.05, 4.69) is 10.3 Å². The number of nitrogens with zero attached hydrogens (tertiary/aromatic N) is 1. The van der Waals surface area contributed by atoms with E-state index in [0.717, 1.165) is 0 Å². The molecule has 3 nitrogen and oxygen atoms in total. The zero-order valence-electron chi connectivity index (χ0n) is 6.35. The molecule has 0 aliphatic carbocycles. The minimum Gasteiger partial charge on any atom is -0.322 e. The fourth-order valence-corrected chi connectivity index (χ4v) is 1.07. The lowest BCUT2D eigenvalue weighted by atomic mass is 10.4. The van der Waals surface area contributed by atoms with Gasteiger partial charge in [-0.15, -0.1) is 11.6 Å². The molecule has 0 aliphatic heterocycles. The summed E-state index contributed by atoms with van der Waals surface area (Å²) in [4.78, 5) is 14.6. The van der Waals surface area contributed by atoms with Gasteiger partial charge in [0.2, 0.25) is 5.91 Å². The van der Waals surface area contributed by atoms with E-state index in [4.69, 9.17) is 34.8 Å². The van der Waals surface area contributed by atoms with E-state index in [1.54, 1.807) is 0 Å². The Balaban J connectivity index is 2.87. The molecule has 1 aromatic rings. The molecule has 0 aliphatic rings. The molecule has 0 atom stereocenters. The quantitative estimate of drug-likeness (QED) is 0.637. The van der Waals surface area contributed by atoms with Crippen molar-refractivity contribution in [3.8, 4) is 0 Å². The van der Waals surface area contributed by atoms with Crippen LogP contribution in [0.2, 0.25) is 10.2 Å². The molecule has 70 valence electrons. The van der Waals surface area contributed by atoms with Gasteiger partial charge in [-0.25, -0.2) is 4.98 Å². The van der Waals surface area contributed by atoms with E-state index in [0.29, 0.717) is 10.7 Å². The summed E-state index contributed by atoms with van der Waals surface area (Å²) in [5.41, 5.74) is 0.361. The number of anilines is 1. The molecule has 1 amide bonds. The maximum atomic E-state index is 10.9. The topological polar surface area (TPSA) is 42.0 Å². The standard InChI is InChI=1S/C7H5Cl3N2O/c8-2-6(13)12-5-1-4(9)3-11-7(5)10/h1,3H,2H2,(H,12,13). The first-order chi connectivity index (χ1) is 6.13. The first kappa shape index (κ1) is 10.6. The SMILES string of the molecule is O=C(CCl)Nc1cc(Cl)cnc1Cl. The van der Waals surface area contributed by atoms with Crippen molar-refractivity contribution >= 4 is 46.4 Å². The lowest BCUT2D eigenvalue weighted by Crippen LogP contribution is -2.13. The van der Waals surface area contributed by atoms with Crippen LogP contribution in [0, 0.1) is 0 Å². The molecule has 0 bridgehead atoms. The predicted octanol–water partition coefficient (Wildman–Crippen LogP) is 2.57. The van der Waals surface area contributed by atoms with Gasteiger partial charge in [0.25, 0.3) is 0 Å². The van der Waals surface area contributed by atoms with Gasteiger partial charge in [0.15, 0.2) is 5.15 Å². The molecule has 1 rings (SSSR count). The highest BCUT2D eigenvalue weighted by Crippen LogP contribution is 2.22. The summed E-state index contributed by atoms with van der Waals surface area (Å²) < 4.78 is 0. The Kier molecular flexibility index (Phi) is 3.78. The van der Waals surface area contributed by atoms with Gasteiger partial charge in [0.05, 0.1) is 10.7 Å². The number of hydrogen-bond donors (Lipinski definition) is 1. The maximum absolute atomic E-state index is 10.9. The molecular weight excluding hydrogens is 234 g/mol. The Morgan fingerprint density at radius 2 is 2.23 bits per heavy atom. The number of hydrogen-bond acceptors (Lipinski definition) is 2. The second kappa shape index (κ2) is 4.65. The minimum atomic E-state index is -0.354. The summed E-state index contributed by atoms with van der Waals surface area (Å²) in [7, 11) is 0. The largest absolute Gasteiger partial charge is 0.322 e. The van der Waals surface area contributed by atoms with Gasteiger partial charge < -0.3 is 5.32 Å². The number of pyridine rings is 1. The van der Waals surface area contributed by atoms with Crippen molar-refractivity contribution in [1.29, 1.82) is 0 Å². The summed E-state index contributed by atoms with van der Waals surface area (Å²) in [5, 5.41) is 3.03. The van der Waals surface area contributed by atoms with Crippen molar-refractivity contribution in [2.75, 3.05) is 11.2 Å². The maximum Gasteiger partial charge on any atom is 0.239 e. The van der Waals surface area contributed by atoms with Crippen LogP contribution in [0.25, 0.3) is 0 Å². The van der Waals surface area contributed by atoms with Crippen molar-refractivity contribution in [1.82, 2.24) is 4.98 Å². The molecule has 13 heavy (non-hydrogen) atoms. The third kappa shape index (κ3) is 3.03. The molecule has 0 aromatic carbocycles. The second-order valence-corrected chi connectivity index (χ2v) is 3.24. The van der Waals surface area contributed by atoms with Crippen LogP contribution in [0.4, 0.5) is 5.69 Å². The van der Waals surface area contributed by atoms with Crippen LogP contribution >= 0.6 is 34.8 Å². The van der Waals surface area contributed by atoms with Crippen LogP contribution in [0.3, 0.4) is 0 Å². The second-order valence-electron chi connectivity index (χ2n) is 2.17. The van der Waals surface area contributed by atoms with Crippen LogP contribution in [0.5, 0.6) is 0 Å². The first-order valence-electron chi connectivity index (χ1n) is 3.30. The number of halogens is 3. The Hall–Kier alpha value is -0.510. The van der Waals surface area contributed by atoms with Crippen molar-refractivity contribution in [3.05, 3.63) is 22.4 Å². The number of carbonyl (C=O) groups excluding carboxylic acids is 1. The summed E-state index contributed by atoms with van der Waals surface area (Å²) in [6, 6.07) is 1.50. The fraction of sp³-hybridized carbons (Fsp3) is 0.143. The van der Waals surface area contributed by atoms with Crippen LogP contribution < -0.4 is 5.32 Å². The lowest BCUT2D eigenvalue weighted by Gasteiger charge is -2.04. The van der Waals surface area contributed by atoms with Gasteiger partial charge in [0.1, 0.15) is 5.88 Å². The number of nitrogens with one attached hydrogen (secondary N) is 1. The van der Waals surface area contributed by atoms with E-state index >= 15 is 0 Å². The predicted molar refractivity (Wildman–Crippen MR) is 53.6 cm³/mol. The minimum absolute atomic E-state index is 0.136. The average molecular weight is 239 g/mol. The lowest BCUT2D eigenvalue weighted by molar-refractivity contribution is -0.113. The zero-order chi connectivity index (χ0) is 9.84. The third-order valence-electron chi connectivity index (χ3n) is 1.20. The van der Waals surface area contributed by atoms with Crippen LogP contribution in [-0.4, -0.2) is 16.8 Å². The molecule has 0 saturated heterocycles. The van der Waals surface area contributed by atoms with Crippen molar-refractivity contribution in [2.45, 2.75) is 0 Å². The highest BCUT2D eigenvalue weighted by molar-refractivity contribution is 6.35. The van der Waals surface area contributed by atoms with Gasteiger partial charge in [-0.1, -0.05) is 23.2 Å². The monoisotopic (exact) mass is 238 g/mol. The smallest absolute Gasteiger partial charge is 0.239 e.